The van der Waals surface area contributed by atoms with E-state index in [-0.39, 0.29) is 24.9 Å². The van der Waals surface area contributed by atoms with Gasteiger partial charge in [-0.1, -0.05) is 32.4 Å². The van der Waals surface area contributed by atoms with E-state index in [4.69, 9.17) is 0 Å². The molecule has 0 spiro atoms. The predicted molar refractivity (Wildman–Crippen MR) is 128 cm³/mol. The second-order valence-corrected chi connectivity index (χ2v) is 12.7. The van der Waals surface area contributed by atoms with Crippen molar-refractivity contribution in [2.75, 3.05) is 6.61 Å². The lowest BCUT2D eigenvalue weighted by Crippen LogP contribution is -2.78. The SMILES string of the molecule is C/C(=C/CC[C@@H](C)[C@H]1C[C@H](O)[C@]2(O)[C@]1(C)CC[C@@H]1[C@@]3(C)CC[C@H](O)[C@H](O)[C@@H]3[C@@H](O)C[C@]12O)CO. The van der Waals surface area contributed by atoms with Crippen LogP contribution in [0, 0.1) is 34.5 Å². The van der Waals surface area contributed by atoms with E-state index in [1.165, 1.54) is 0 Å². The first-order valence-electron chi connectivity index (χ1n) is 13.2. The molecule has 0 aromatic carbocycles. The molecule has 0 heterocycles. The molecule has 4 rings (SSSR count). The van der Waals surface area contributed by atoms with Gasteiger partial charge in [-0.3, -0.25) is 0 Å². The molecule has 0 saturated heterocycles. The third-order valence-corrected chi connectivity index (χ3v) is 11.1. The summed E-state index contributed by atoms with van der Waals surface area (Å²) in [7, 11) is 0. The van der Waals surface area contributed by atoms with E-state index >= 15 is 0 Å². The van der Waals surface area contributed by atoms with E-state index in [1.54, 1.807) is 0 Å². The maximum Gasteiger partial charge on any atom is 0.125 e. The monoisotopic (exact) mass is 482 g/mol. The average Bonchev–Trinajstić information content (AvgIpc) is 2.98. The fourth-order valence-corrected chi connectivity index (χ4v) is 9.28. The minimum Gasteiger partial charge on any atom is -0.393 e. The zero-order chi connectivity index (χ0) is 25.3. The Morgan fingerprint density at radius 2 is 1.71 bits per heavy atom. The zero-order valence-corrected chi connectivity index (χ0v) is 21.2. The summed E-state index contributed by atoms with van der Waals surface area (Å²) in [4.78, 5) is 0. The summed E-state index contributed by atoms with van der Waals surface area (Å²) in [6.45, 7) is 8.03. The Hall–Kier alpha value is -0.540. The highest BCUT2D eigenvalue weighted by atomic mass is 16.4. The summed E-state index contributed by atoms with van der Waals surface area (Å²) >= 11 is 0. The predicted octanol–water partition coefficient (Wildman–Crippen LogP) is 1.50. The lowest BCUT2D eigenvalue weighted by molar-refractivity contribution is -0.337. The van der Waals surface area contributed by atoms with Gasteiger partial charge >= 0.3 is 0 Å². The fourth-order valence-electron chi connectivity index (χ4n) is 9.28. The largest absolute Gasteiger partial charge is 0.393 e. The van der Waals surface area contributed by atoms with Crippen molar-refractivity contribution in [1.82, 2.24) is 0 Å². The Kier molecular flexibility index (Phi) is 6.86. The quantitative estimate of drug-likeness (QED) is 0.295. The average molecular weight is 483 g/mol. The Bertz CT molecular complexity index is 802. The maximum absolute atomic E-state index is 12.3. The fraction of sp³-hybridized carbons (Fsp3) is 0.926. The number of rotatable bonds is 5. The van der Waals surface area contributed by atoms with Crippen LogP contribution in [0.15, 0.2) is 11.6 Å². The van der Waals surface area contributed by atoms with Gasteiger partial charge in [0.15, 0.2) is 0 Å². The molecule has 34 heavy (non-hydrogen) atoms. The van der Waals surface area contributed by atoms with Crippen LogP contribution in [-0.4, -0.2) is 78.0 Å². The molecular formula is C27H46O7. The van der Waals surface area contributed by atoms with Crippen LogP contribution >= 0.6 is 0 Å². The molecule has 0 aromatic rings. The number of aliphatic hydroxyl groups is 7. The highest BCUT2D eigenvalue weighted by Crippen LogP contribution is 2.71. The molecule has 4 aliphatic rings. The summed E-state index contributed by atoms with van der Waals surface area (Å²) in [6, 6.07) is 0. The number of hydrogen-bond donors (Lipinski definition) is 7. The topological polar surface area (TPSA) is 142 Å². The minimum absolute atomic E-state index is 0.00162. The molecule has 0 aliphatic heterocycles. The highest BCUT2D eigenvalue weighted by Gasteiger charge is 2.78. The normalized spacial score (nSPS) is 54.2. The lowest BCUT2D eigenvalue weighted by Gasteiger charge is -2.69. The second-order valence-electron chi connectivity index (χ2n) is 12.7. The van der Waals surface area contributed by atoms with E-state index in [2.05, 4.69) is 6.92 Å². The number of hydrogen-bond acceptors (Lipinski definition) is 7. The smallest absolute Gasteiger partial charge is 0.125 e. The zero-order valence-electron chi connectivity index (χ0n) is 21.2. The Labute approximate surface area is 203 Å². The first-order chi connectivity index (χ1) is 15.8. The third kappa shape index (κ3) is 3.41. The molecule has 0 aromatic heterocycles. The van der Waals surface area contributed by atoms with E-state index in [0.29, 0.717) is 32.1 Å². The van der Waals surface area contributed by atoms with Crippen LogP contribution in [0.2, 0.25) is 0 Å². The van der Waals surface area contributed by atoms with Gasteiger partial charge in [0, 0.05) is 17.8 Å². The van der Waals surface area contributed by atoms with Crippen LogP contribution in [0.1, 0.15) is 79.1 Å². The molecule has 4 fully saturated rings. The molecule has 0 radical (unpaired) electrons. The minimum atomic E-state index is -1.77. The molecule has 12 atom stereocenters. The van der Waals surface area contributed by atoms with Crippen molar-refractivity contribution >= 4 is 0 Å². The van der Waals surface area contributed by atoms with Gasteiger partial charge in [-0.2, -0.15) is 0 Å². The van der Waals surface area contributed by atoms with E-state index < -0.39 is 58.3 Å². The number of aliphatic hydroxyl groups excluding tert-OH is 5. The van der Waals surface area contributed by atoms with Gasteiger partial charge in [0.25, 0.3) is 0 Å². The molecule has 7 N–H and O–H groups in total. The van der Waals surface area contributed by atoms with Crippen molar-refractivity contribution in [2.45, 2.75) is 115 Å². The van der Waals surface area contributed by atoms with Crippen molar-refractivity contribution in [3.8, 4) is 0 Å². The van der Waals surface area contributed by atoms with Gasteiger partial charge in [-0.25, -0.2) is 0 Å². The van der Waals surface area contributed by atoms with Crippen molar-refractivity contribution in [2.24, 2.45) is 34.5 Å². The summed E-state index contributed by atoms with van der Waals surface area (Å²) in [6.07, 6.45) is 2.00. The molecule has 0 bridgehead atoms. The molecule has 196 valence electrons. The summed E-state index contributed by atoms with van der Waals surface area (Å²) < 4.78 is 0. The van der Waals surface area contributed by atoms with Crippen molar-refractivity contribution in [3.63, 3.8) is 0 Å². The molecule has 0 unspecified atom stereocenters. The van der Waals surface area contributed by atoms with Crippen molar-refractivity contribution < 1.29 is 35.7 Å². The van der Waals surface area contributed by atoms with E-state index in [1.807, 2.05) is 26.8 Å². The standard InChI is InChI=1S/C27H46O7/c1-15(14-28)6-5-7-16(2)17-12-21(31)27(34)25(17,4)11-9-20-24(3)10-8-18(29)23(32)22(24)19(30)13-26(20,27)33/h6,16-23,28-34H,5,7-14H2,1-4H3/b15-6-/t16-,17-,18+,19+,20-,21+,22+,23+,24-,25-,26+,27+/m1/s1. The molecule has 4 saturated carbocycles. The number of allylic oxidation sites excluding steroid dienone is 1. The molecule has 7 heteroatoms. The van der Waals surface area contributed by atoms with Gasteiger partial charge in [0.1, 0.15) is 11.2 Å². The molecule has 7 nitrogen and oxygen atoms in total. The van der Waals surface area contributed by atoms with Crippen LogP contribution < -0.4 is 0 Å². The van der Waals surface area contributed by atoms with Crippen LogP contribution in [0.25, 0.3) is 0 Å². The third-order valence-electron chi connectivity index (χ3n) is 11.1. The summed E-state index contributed by atoms with van der Waals surface area (Å²) in [5.74, 6) is -0.779. The molecular weight excluding hydrogens is 436 g/mol. The Morgan fingerprint density at radius 1 is 1.03 bits per heavy atom. The highest BCUT2D eigenvalue weighted by molar-refractivity contribution is 5.28. The summed E-state index contributed by atoms with van der Waals surface area (Å²) in [5.41, 5.74) is -3.90. The molecule has 0 amide bonds. The van der Waals surface area contributed by atoms with Gasteiger partial charge in [0.2, 0.25) is 0 Å². The second kappa shape index (κ2) is 8.79. The lowest BCUT2D eigenvalue weighted by atomic mass is 9.40. The Morgan fingerprint density at radius 3 is 2.35 bits per heavy atom. The van der Waals surface area contributed by atoms with Crippen LogP contribution in [0.4, 0.5) is 0 Å². The van der Waals surface area contributed by atoms with Crippen molar-refractivity contribution in [3.05, 3.63) is 11.6 Å². The van der Waals surface area contributed by atoms with Crippen LogP contribution in [0.5, 0.6) is 0 Å². The first kappa shape index (κ1) is 26.5. The van der Waals surface area contributed by atoms with Crippen LogP contribution in [-0.2, 0) is 0 Å². The van der Waals surface area contributed by atoms with Gasteiger partial charge in [-0.05, 0) is 75.0 Å². The van der Waals surface area contributed by atoms with Gasteiger partial charge < -0.3 is 35.7 Å². The van der Waals surface area contributed by atoms with Crippen LogP contribution in [0.3, 0.4) is 0 Å². The number of fused-ring (bicyclic) bond motifs is 5. The summed E-state index contributed by atoms with van der Waals surface area (Å²) in [5, 5.41) is 77.5. The maximum atomic E-state index is 12.3. The van der Waals surface area contributed by atoms with E-state index in [0.717, 1.165) is 18.4 Å². The Balaban J connectivity index is 1.67. The van der Waals surface area contributed by atoms with Gasteiger partial charge in [0.05, 0.1) is 31.0 Å². The first-order valence-corrected chi connectivity index (χ1v) is 13.2. The van der Waals surface area contributed by atoms with Crippen molar-refractivity contribution in [1.29, 1.82) is 0 Å². The molecule has 4 aliphatic carbocycles. The van der Waals surface area contributed by atoms with Gasteiger partial charge in [-0.15, -0.1) is 0 Å². The van der Waals surface area contributed by atoms with E-state index in [9.17, 15) is 35.7 Å².